The zero-order chi connectivity index (χ0) is 15.7. The van der Waals surface area contributed by atoms with Gasteiger partial charge in [-0.05, 0) is 46.5 Å². The van der Waals surface area contributed by atoms with Crippen molar-refractivity contribution in [3.63, 3.8) is 0 Å². The largest absolute Gasteiger partial charge is 0.426 e. The number of alkyl halides is 3. The highest BCUT2D eigenvalue weighted by Gasteiger charge is 2.55. The van der Waals surface area contributed by atoms with Crippen molar-refractivity contribution in [3.8, 4) is 0 Å². The number of anilines is 1. The molecule has 0 aliphatic heterocycles. The van der Waals surface area contributed by atoms with Crippen LogP contribution in [0.1, 0.15) is 32.3 Å². The molecule has 0 aliphatic rings. The minimum absolute atomic E-state index is 0.170. The quantitative estimate of drug-likeness (QED) is 0.867. The lowest BCUT2D eigenvalue weighted by Crippen LogP contribution is -2.52. The number of rotatable bonds is 3. The number of carbonyl (C=O) groups is 1. The molecule has 1 aromatic rings. The lowest BCUT2D eigenvalue weighted by Gasteiger charge is -2.25. The van der Waals surface area contributed by atoms with Crippen molar-refractivity contribution < 1.29 is 23.1 Å². The first-order valence-corrected chi connectivity index (χ1v) is 6.66. The van der Waals surface area contributed by atoms with Gasteiger partial charge in [-0.1, -0.05) is 19.9 Å². The second-order valence-corrected chi connectivity index (χ2v) is 5.77. The van der Waals surface area contributed by atoms with E-state index in [1.54, 1.807) is 12.1 Å². The lowest BCUT2D eigenvalue weighted by atomic mass is 10.0. The van der Waals surface area contributed by atoms with Crippen LogP contribution in [0.3, 0.4) is 0 Å². The van der Waals surface area contributed by atoms with Gasteiger partial charge in [0.15, 0.2) is 0 Å². The number of hydrogen-bond acceptors (Lipinski definition) is 2. The zero-order valence-corrected chi connectivity index (χ0v) is 12.8. The van der Waals surface area contributed by atoms with Gasteiger partial charge in [0.05, 0.1) is 5.69 Å². The van der Waals surface area contributed by atoms with Crippen molar-refractivity contribution >= 4 is 27.5 Å². The van der Waals surface area contributed by atoms with Gasteiger partial charge in [-0.25, -0.2) is 0 Å². The fourth-order valence-electron chi connectivity index (χ4n) is 1.36. The molecule has 1 amide bonds. The minimum Gasteiger partial charge on any atom is -0.373 e. The number of benzene rings is 1. The molecule has 3 nitrogen and oxygen atoms in total. The second-order valence-electron chi connectivity index (χ2n) is 4.92. The van der Waals surface area contributed by atoms with Gasteiger partial charge in [-0.2, -0.15) is 13.2 Å². The van der Waals surface area contributed by atoms with Crippen LogP contribution in [0, 0.1) is 0 Å². The van der Waals surface area contributed by atoms with Crippen LogP contribution in [-0.4, -0.2) is 22.8 Å². The van der Waals surface area contributed by atoms with Crippen molar-refractivity contribution in [2.45, 2.75) is 38.5 Å². The second kappa shape index (κ2) is 5.73. The summed E-state index contributed by atoms with van der Waals surface area (Å²) in [5.74, 6) is -1.28. The fourth-order valence-corrected chi connectivity index (χ4v) is 1.86. The Morgan fingerprint density at radius 2 is 1.90 bits per heavy atom. The van der Waals surface area contributed by atoms with E-state index in [2.05, 4.69) is 21.2 Å². The first-order chi connectivity index (χ1) is 8.96. The molecule has 0 spiro atoms. The van der Waals surface area contributed by atoms with Crippen LogP contribution < -0.4 is 5.32 Å². The first-order valence-electron chi connectivity index (χ1n) is 5.87. The van der Waals surface area contributed by atoms with Crippen LogP contribution in [-0.2, 0) is 4.79 Å². The highest BCUT2D eigenvalue weighted by molar-refractivity contribution is 9.10. The summed E-state index contributed by atoms with van der Waals surface area (Å²) < 4.78 is 38.1. The van der Waals surface area contributed by atoms with Crippen molar-refractivity contribution in [3.05, 3.63) is 28.2 Å². The number of carbonyl (C=O) groups excluding carboxylic acids is 1. The number of hydrogen-bond donors (Lipinski definition) is 2. The highest BCUT2D eigenvalue weighted by Crippen LogP contribution is 2.33. The van der Waals surface area contributed by atoms with Gasteiger partial charge in [0.2, 0.25) is 5.60 Å². The predicted molar refractivity (Wildman–Crippen MR) is 73.5 cm³/mol. The summed E-state index contributed by atoms with van der Waals surface area (Å²) in [5, 5.41) is 11.3. The Morgan fingerprint density at radius 1 is 1.35 bits per heavy atom. The minimum atomic E-state index is -5.04. The molecule has 1 rings (SSSR count). The summed E-state index contributed by atoms with van der Waals surface area (Å²) in [6.07, 6.45) is -5.04. The van der Waals surface area contributed by atoms with Crippen molar-refractivity contribution in [2.24, 2.45) is 0 Å². The maximum Gasteiger partial charge on any atom is 0.426 e. The molecular formula is C13H15BrF3NO2. The van der Waals surface area contributed by atoms with Crippen molar-refractivity contribution in [1.29, 1.82) is 0 Å². The standard InChI is InChI=1S/C13H15BrF3NO2/c1-7(2)8-4-5-10(9(14)6-8)18-11(19)12(3,20)13(15,16)17/h4-7,20H,1-3H3,(H,18,19). The summed E-state index contributed by atoms with van der Waals surface area (Å²) in [7, 11) is 0. The van der Waals surface area contributed by atoms with E-state index >= 15 is 0 Å². The smallest absolute Gasteiger partial charge is 0.373 e. The average molecular weight is 354 g/mol. The monoisotopic (exact) mass is 353 g/mol. The van der Waals surface area contributed by atoms with E-state index in [1.165, 1.54) is 6.07 Å². The molecular weight excluding hydrogens is 339 g/mol. The van der Waals surface area contributed by atoms with E-state index in [0.717, 1.165) is 5.56 Å². The molecule has 1 aromatic carbocycles. The third kappa shape index (κ3) is 3.52. The number of amides is 1. The van der Waals surface area contributed by atoms with E-state index in [9.17, 15) is 23.1 Å². The highest BCUT2D eigenvalue weighted by atomic mass is 79.9. The van der Waals surface area contributed by atoms with Gasteiger partial charge in [0, 0.05) is 4.47 Å². The molecule has 0 heterocycles. The van der Waals surface area contributed by atoms with Crippen LogP contribution in [0.25, 0.3) is 0 Å². The molecule has 0 saturated heterocycles. The zero-order valence-electron chi connectivity index (χ0n) is 11.2. The van der Waals surface area contributed by atoms with Crippen LogP contribution in [0.2, 0.25) is 0 Å². The van der Waals surface area contributed by atoms with Gasteiger partial charge in [-0.3, -0.25) is 4.79 Å². The van der Waals surface area contributed by atoms with Crippen LogP contribution in [0.4, 0.5) is 18.9 Å². The summed E-state index contributed by atoms with van der Waals surface area (Å²) >= 11 is 3.18. The molecule has 1 unspecified atom stereocenters. The maximum atomic E-state index is 12.5. The van der Waals surface area contributed by atoms with E-state index in [1.807, 2.05) is 13.8 Å². The van der Waals surface area contributed by atoms with Crippen molar-refractivity contribution in [1.82, 2.24) is 0 Å². The van der Waals surface area contributed by atoms with Gasteiger partial charge in [-0.15, -0.1) is 0 Å². The number of nitrogens with one attached hydrogen (secondary N) is 1. The average Bonchev–Trinajstić information content (AvgIpc) is 2.29. The van der Waals surface area contributed by atoms with E-state index in [-0.39, 0.29) is 11.6 Å². The molecule has 7 heteroatoms. The van der Waals surface area contributed by atoms with E-state index < -0.39 is 17.7 Å². The Labute approximate surface area is 123 Å². The Bertz CT molecular complexity index is 513. The molecule has 0 radical (unpaired) electrons. The van der Waals surface area contributed by atoms with Gasteiger partial charge >= 0.3 is 6.18 Å². The third-order valence-electron chi connectivity index (χ3n) is 2.90. The molecule has 1 atom stereocenters. The molecule has 112 valence electrons. The summed E-state index contributed by atoms with van der Waals surface area (Å²) in [6.45, 7) is 4.35. The molecule has 0 fully saturated rings. The fraction of sp³-hybridized carbons (Fsp3) is 0.462. The first kappa shape index (κ1) is 17.0. The third-order valence-corrected chi connectivity index (χ3v) is 3.56. The molecule has 2 N–H and O–H groups in total. The van der Waals surface area contributed by atoms with Crippen LogP contribution in [0.5, 0.6) is 0 Å². The van der Waals surface area contributed by atoms with Gasteiger partial charge in [0.1, 0.15) is 0 Å². The molecule has 0 aliphatic carbocycles. The van der Waals surface area contributed by atoms with Crippen LogP contribution >= 0.6 is 15.9 Å². The Kier molecular flexibility index (Phi) is 4.86. The van der Waals surface area contributed by atoms with Crippen LogP contribution in [0.15, 0.2) is 22.7 Å². The Hall–Kier alpha value is -1.08. The summed E-state index contributed by atoms with van der Waals surface area (Å²) in [6, 6.07) is 4.90. The Balaban J connectivity index is 2.98. The van der Waals surface area contributed by atoms with Crippen molar-refractivity contribution in [2.75, 3.05) is 5.32 Å². The topological polar surface area (TPSA) is 49.3 Å². The molecule has 0 saturated carbocycles. The molecule has 20 heavy (non-hydrogen) atoms. The SMILES string of the molecule is CC(C)c1ccc(NC(=O)C(C)(O)C(F)(F)F)c(Br)c1. The molecule has 0 aromatic heterocycles. The van der Waals surface area contributed by atoms with Gasteiger partial charge in [0.25, 0.3) is 5.91 Å². The maximum absolute atomic E-state index is 12.5. The normalized spacial score (nSPS) is 15.1. The van der Waals surface area contributed by atoms with Gasteiger partial charge < -0.3 is 10.4 Å². The van der Waals surface area contributed by atoms with E-state index in [0.29, 0.717) is 11.4 Å². The predicted octanol–water partition coefficient (Wildman–Crippen LogP) is 3.82. The number of aliphatic hydroxyl groups is 1. The summed E-state index contributed by atoms with van der Waals surface area (Å²) in [4.78, 5) is 11.5. The Morgan fingerprint density at radius 3 is 2.30 bits per heavy atom. The molecule has 0 bridgehead atoms. The number of halogens is 4. The summed E-state index contributed by atoms with van der Waals surface area (Å²) in [5.41, 5.74) is -2.30. The lowest BCUT2D eigenvalue weighted by molar-refractivity contribution is -0.242. The van der Waals surface area contributed by atoms with E-state index in [4.69, 9.17) is 0 Å².